The van der Waals surface area contributed by atoms with E-state index < -0.39 is 11.9 Å². The summed E-state index contributed by atoms with van der Waals surface area (Å²) < 4.78 is 0.947. The zero-order valence-electron chi connectivity index (χ0n) is 9.24. The predicted molar refractivity (Wildman–Crippen MR) is 66.7 cm³/mol. The van der Waals surface area contributed by atoms with E-state index >= 15 is 0 Å². The van der Waals surface area contributed by atoms with Gasteiger partial charge in [-0.15, -0.1) is 0 Å². The molecular weight excluding hydrogens is 286 g/mol. The molecule has 0 aliphatic heterocycles. The van der Waals surface area contributed by atoms with Gasteiger partial charge in [-0.05, 0) is 37.1 Å². The van der Waals surface area contributed by atoms with Crippen LogP contribution in [0.1, 0.15) is 12.0 Å². The van der Waals surface area contributed by atoms with Gasteiger partial charge in [0.05, 0.1) is 11.8 Å². The molecule has 0 saturated heterocycles. The summed E-state index contributed by atoms with van der Waals surface area (Å²) in [5, 5.41) is 11.5. The van der Waals surface area contributed by atoms with Crippen LogP contribution in [-0.4, -0.2) is 17.0 Å². The van der Waals surface area contributed by atoms with Crippen molar-refractivity contribution in [1.82, 2.24) is 0 Å². The number of anilines is 1. The molecule has 2 atom stereocenters. The van der Waals surface area contributed by atoms with Crippen molar-refractivity contribution in [1.29, 1.82) is 0 Å². The molecule has 0 radical (unpaired) electrons. The average molecular weight is 298 g/mol. The molecule has 1 aliphatic carbocycles. The van der Waals surface area contributed by atoms with E-state index in [0.717, 1.165) is 15.7 Å². The maximum absolute atomic E-state index is 11.7. The largest absolute Gasteiger partial charge is 0.481 e. The number of carboxylic acid groups (broad SMARTS) is 1. The summed E-state index contributed by atoms with van der Waals surface area (Å²) in [6, 6.07) is 5.54. The standard InChI is InChI=1S/C12H12BrNO3/c1-6-4-7(13)2-3-10(6)14-11(15)8-5-9(8)12(16)17/h2-4,8-9H,5H2,1H3,(H,14,15)(H,16,17)/t8-,9+/m1/s1. The molecule has 2 rings (SSSR count). The highest BCUT2D eigenvalue weighted by atomic mass is 79.9. The molecule has 17 heavy (non-hydrogen) atoms. The molecule has 2 N–H and O–H groups in total. The summed E-state index contributed by atoms with van der Waals surface area (Å²) >= 11 is 3.34. The van der Waals surface area contributed by atoms with E-state index in [9.17, 15) is 9.59 Å². The van der Waals surface area contributed by atoms with E-state index in [-0.39, 0.29) is 11.8 Å². The number of hydrogen-bond acceptors (Lipinski definition) is 2. The summed E-state index contributed by atoms with van der Waals surface area (Å²) in [6.07, 6.45) is 0.441. The van der Waals surface area contributed by atoms with Crippen LogP contribution in [0.25, 0.3) is 0 Å². The first-order valence-corrected chi connectivity index (χ1v) is 6.08. The van der Waals surface area contributed by atoms with Crippen molar-refractivity contribution in [3.8, 4) is 0 Å². The Labute approximate surface area is 107 Å². The van der Waals surface area contributed by atoms with Crippen molar-refractivity contribution in [3.63, 3.8) is 0 Å². The molecule has 1 saturated carbocycles. The first-order chi connectivity index (χ1) is 7.99. The molecule has 5 heteroatoms. The third kappa shape index (κ3) is 2.66. The van der Waals surface area contributed by atoms with Crippen LogP contribution in [0.15, 0.2) is 22.7 Å². The molecule has 0 bridgehead atoms. The van der Waals surface area contributed by atoms with Crippen molar-refractivity contribution in [3.05, 3.63) is 28.2 Å². The molecule has 0 unspecified atom stereocenters. The van der Waals surface area contributed by atoms with Gasteiger partial charge in [-0.2, -0.15) is 0 Å². The number of hydrogen-bond donors (Lipinski definition) is 2. The first kappa shape index (κ1) is 12.1. The molecule has 1 fully saturated rings. The Hall–Kier alpha value is -1.36. The number of nitrogens with one attached hydrogen (secondary N) is 1. The third-order valence-electron chi connectivity index (χ3n) is 2.89. The van der Waals surface area contributed by atoms with Crippen LogP contribution in [0, 0.1) is 18.8 Å². The smallest absolute Gasteiger partial charge is 0.307 e. The molecule has 90 valence electrons. The second kappa shape index (κ2) is 4.49. The zero-order valence-corrected chi connectivity index (χ0v) is 10.8. The fourth-order valence-corrected chi connectivity index (χ4v) is 2.23. The molecular formula is C12H12BrNO3. The number of aliphatic carboxylic acids is 1. The Morgan fingerprint density at radius 1 is 1.41 bits per heavy atom. The van der Waals surface area contributed by atoms with E-state index in [0.29, 0.717) is 6.42 Å². The Morgan fingerprint density at radius 3 is 2.65 bits per heavy atom. The predicted octanol–water partition coefficient (Wildman–Crippen LogP) is 2.42. The van der Waals surface area contributed by atoms with Crippen LogP contribution in [0.3, 0.4) is 0 Å². The highest BCUT2D eigenvalue weighted by Gasteiger charge is 2.48. The fourth-order valence-electron chi connectivity index (χ4n) is 1.75. The van der Waals surface area contributed by atoms with Gasteiger partial charge in [0, 0.05) is 10.2 Å². The van der Waals surface area contributed by atoms with Gasteiger partial charge in [0.2, 0.25) is 5.91 Å². The van der Waals surface area contributed by atoms with Crippen LogP contribution in [0.4, 0.5) is 5.69 Å². The van der Waals surface area contributed by atoms with Crippen LogP contribution in [-0.2, 0) is 9.59 Å². The maximum atomic E-state index is 11.7. The lowest BCUT2D eigenvalue weighted by molar-refractivity contribution is -0.139. The summed E-state index contributed by atoms with van der Waals surface area (Å²) in [5.74, 6) is -1.98. The van der Waals surface area contributed by atoms with Crippen molar-refractivity contribution < 1.29 is 14.7 Å². The van der Waals surface area contributed by atoms with Crippen molar-refractivity contribution in [2.45, 2.75) is 13.3 Å². The lowest BCUT2D eigenvalue weighted by Crippen LogP contribution is -2.17. The first-order valence-electron chi connectivity index (χ1n) is 5.29. The number of carbonyl (C=O) groups excluding carboxylic acids is 1. The van der Waals surface area contributed by atoms with Crippen LogP contribution in [0.5, 0.6) is 0 Å². The van der Waals surface area contributed by atoms with E-state index in [1.54, 1.807) is 6.07 Å². The minimum absolute atomic E-state index is 0.206. The van der Waals surface area contributed by atoms with Crippen LogP contribution in [0.2, 0.25) is 0 Å². The normalized spacial score (nSPS) is 22.0. The quantitative estimate of drug-likeness (QED) is 0.900. The van der Waals surface area contributed by atoms with Gasteiger partial charge in [-0.25, -0.2) is 0 Å². The number of carboxylic acids is 1. The van der Waals surface area contributed by atoms with Gasteiger partial charge in [0.25, 0.3) is 0 Å². The fraction of sp³-hybridized carbons (Fsp3) is 0.333. The highest BCUT2D eigenvalue weighted by Crippen LogP contribution is 2.39. The minimum atomic E-state index is -0.891. The van der Waals surface area contributed by atoms with Gasteiger partial charge in [0.1, 0.15) is 0 Å². The summed E-state index contributed by atoms with van der Waals surface area (Å²) in [7, 11) is 0. The van der Waals surface area contributed by atoms with E-state index in [2.05, 4.69) is 21.2 Å². The van der Waals surface area contributed by atoms with Gasteiger partial charge < -0.3 is 10.4 Å². The average Bonchev–Trinajstić information content (AvgIpc) is 3.01. The summed E-state index contributed by atoms with van der Waals surface area (Å²) in [6.45, 7) is 1.89. The second-order valence-electron chi connectivity index (χ2n) is 4.24. The summed E-state index contributed by atoms with van der Waals surface area (Å²) in [5.41, 5.74) is 1.68. The molecule has 0 heterocycles. The van der Waals surface area contributed by atoms with E-state index in [1.165, 1.54) is 0 Å². The second-order valence-corrected chi connectivity index (χ2v) is 5.15. The Kier molecular flexibility index (Phi) is 3.19. The van der Waals surface area contributed by atoms with E-state index in [1.807, 2.05) is 19.1 Å². The van der Waals surface area contributed by atoms with Gasteiger partial charge >= 0.3 is 5.97 Å². The van der Waals surface area contributed by atoms with Crippen molar-refractivity contribution >= 4 is 33.5 Å². The minimum Gasteiger partial charge on any atom is -0.481 e. The maximum Gasteiger partial charge on any atom is 0.307 e. The number of carbonyl (C=O) groups is 2. The SMILES string of the molecule is Cc1cc(Br)ccc1NC(=O)[C@@H]1C[C@@H]1C(=O)O. The Bertz CT molecular complexity index is 487. The molecule has 0 aromatic heterocycles. The molecule has 1 aromatic rings. The van der Waals surface area contributed by atoms with Gasteiger partial charge in [-0.1, -0.05) is 15.9 Å². The van der Waals surface area contributed by atoms with Crippen LogP contribution >= 0.6 is 15.9 Å². The van der Waals surface area contributed by atoms with E-state index in [4.69, 9.17) is 5.11 Å². The van der Waals surface area contributed by atoms with Gasteiger partial charge in [-0.3, -0.25) is 9.59 Å². The number of amides is 1. The zero-order chi connectivity index (χ0) is 12.6. The molecule has 1 amide bonds. The highest BCUT2D eigenvalue weighted by molar-refractivity contribution is 9.10. The number of benzene rings is 1. The number of rotatable bonds is 3. The van der Waals surface area contributed by atoms with Crippen molar-refractivity contribution in [2.24, 2.45) is 11.8 Å². The molecule has 0 spiro atoms. The van der Waals surface area contributed by atoms with Crippen molar-refractivity contribution in [2.75, 3.05) is 5.32 Å². The molecule has 1 aliphatic rings. The van der Waals surface area contributed by atoms with Crippen LogP contribution < -0.4 is 5.32 Å². The third-order valence-corrected chi connectivity index (χ3v) is 3.38. The Morgan fingerprint density at radius 2 is 2.12 bits per heavy atom. The molecule has 1 aromatic carbocycles. The summed E-state index contributed by atoms with van der Waals surface area (Å²) in [4.78, 5) is 22.4. The Balaban J connectivity index is 2.02. The lowest BCUT2D eigenvalue weighted by atomic mass is 10.2. The lowest BCUT2D eigenvalue weighted by Gasteiger charge is -2.08. The van der Waals surface area contributed by atoms with Gasteiger partial charge in [0.15, 0.2) is 0 Å². The molecule has 4 nitrogen and oxygen atoms in total. The number of aryl methyl sites for hydroxylation is 1. The monoisotopic (exact) mass is 297 g/mol. The topological polar surface area (TPSA) is 66.4 Å². The number of halogens is 1.